The van der Waals surface area contributed by atoms with Crippen molar-refractivity contribution in [1.29, 1.82) is 0 Å². The van der Waals surface area contributed by atoms with Crippen LogP contribution in [0.1, 0.15) is 112 Å². The summed E-state index contributed by atoms with van der Waals surface area (Å²) in [6, 6.07) is 89.6. The first-order valence-electron chi connectivity index (χ1n) is 47.5. The van der Waals surface area contributed by atoms with E-state index in [2.05, 4.69) is 67.3 Å². The van der Waals surface area contributed by atoms with Gasteiger partial charge in [-0.3, -0.25) is 57.4 Å². The Bertz CT molecular complexity index is 9020. The number of ether oxygens (including phenoxy) is 7. The highest BCUT2D eigenvalue weighted by molar-refractivity contribution is 5.86. The summed E-state index contributed by atoms with van der Waals surface area (Å²) in [6.45, 7) is 8.07. The van der Waals surface area contributed by atoms with Crippen molar-refractivity contribution < 1.29 is 38.3 Å². The number of phenols is 1. The van der Waals surface area contributed by atoms with Gasteiger partial charge in [0, 0.05) is 106 Å². The van der Waals surface area contributed by atoms with Gasteiger partial charge in [0.2, 0.25) is 6.79 Å². The lowest BCUT2D eigenvalue weighted by Crippen LogP contribution is -2.23. The maximum Gasteiger partial charge on any atom is 0.266 e. The van der Waals surface area contributed by atoms with E-state index >= 15 is 0 Å². The molecule has 0 fully saturated rings. The Balaban J connectivity index is 0.000000130. The van der Waals surface area contributed by atoms with E-state index in [1.807, 2.05) is 319 Å². The molecule has 0 radical (unpaired) electrons. The molecule has 0 spiro atoms. The number of fused-ring (bicyclic) bond motifs is 5. The van der Waals surface area contributed by atoms with Crippen LogP contribution in [-0.4, -0.2) is 106 Å². The van der Waals surface area contributed by atoms with Crippen molar-refractivity contribution in [3.63, 3.8) is 0 Å². The first-order valence-corrected chi connectivity index (χ1v) is 47.5. The third-order valence-corrected chi connectivity index (χ3v) is 24.1. The van der Waals surface area contributed by atoms with Gasteiger partial charge in [-0.15, -0.1) is 0 Å². The van der Waals surface area contributed by atoms with Gasteiger partial charge in [-0.2, -0.15) is 0 Å². The van der Waals surface area contributed by atoms with Gasteiger partial charge >= 0.3 is 0 Å². The molecular formula is C126H94N12O12. The third kappa shape index (κ3) is 23.3. The van der Waals surface area contributed by atoms with Crippen molar-refractivity contribution in [2.24, 2.45) is 0 Å². The smallest absolute Gasteiger partial charge is 0.266 e. The average molecular weight is 1970 g/mol. The van der Waals surface area contributed by atoms with Gasteiger partial charge in [-0.25, -0.2) is 19.9 Å². The molecule has 24 nitrogen and oxygen atoms in total. The van der Waals surface area contributed by atoms with E-state index in [-0.39, 0.29) is 34.8 Å². The van der Waals surface area contributed by atoms with Crippen LogP contribution in [0.5, 0.6) is 46.0 Å². The maximum atomic E-state index is 13.7. The molecule has 1 aliphatic rings. The molecule has 21 rings (SSSR count). The molecule has 0 amide bonds. The Hall–Kier alpha value is -20.6. The number of aromatic nitrogens is 12. The van der Waals surface area contributed by atoms with E-state index in [1.54, 1.807) is 145 Å². The van der Waals surface area contributed by atoms with Crippen LogP contribution in [0.3, 0.4) is 0 Å². The van der Waals surface area contributed by atoms with Gasteiger partial charge in [0.05, 0.1) is 102 Å². The van der Waals surface area contributed by atoms with Gasteiger partial charge in [0.15, 0.2) is 34.5 Å². The summed E-state index contributed by atoms with van der Waals surface area (Å²) in [4.78, 5) is 90.4. The topological polar surface area (TPSA) is 276 Å². The van der Waals surface area contributed by atoms with Crippen molar-refractivity contribution in [3.8, 4) is 116 Å². The minimum absolute atomic E-state index is 0.0581. The maximum absolute atomic E-state index is 13.7. The monoisotopic (exact) mass is 1970 g/mol. The summed E-state index contributed by atoms with van der Waals surface area (Å²) < 4.78 is 44.3. The van der Waals surface area contributed by atoms with Crippen molar-refractivity contribution in [2.45, 2.75) is 27.7 Å². The lowest BCUT2D eigenvalue weighted by Gasteiger charge is -2.14. The molecule has 150 heavy (non-hydrogen) atoms. The second-order valence-electron chi connectivity index (χ2n) is 34.1. The Kier molecular flexibility index (Phi) is 30.9. The number of rotatable bonds is 17. The quantitative estimate of drug-likeness (QED) is 0.0829. The number of phenolic OH excluding ortho intramolecular Hbond substituents is 1. The molecule has 0 atom stereocenters. The van der Waals surface area contributed by atoms with Gasteiger partial charge in [-0.1, -0.05) is 132 Å². The van der Waals surface area contributed by atoms with Crippen LogP contribution in [0, 0.1) is 75.1 Å². The molecule has 0 bridgehead atoms. The normalized spacial score (nSPS) is 11.1. The molecule has 0 saturated carbocycles. The Morgan fingerprint density at radius 1 is 0.280 bits per heavy atom. The van der Waals surface area contributed by atoms with Gasteiger partial charge < -0.3 is 38.3 Å². The van der Waals surface area contributed by atoms with Crippen LogP contribution in [0.15, 0.2) is 360 Å². The van der Waals surface area contributed by atoms with E-state index in [9.17, 15) is 24.3 Å². The molecule has 8 aromatic heterocycles. The molecule has 20 aromatic rings. The molecule has 730 valence electrons. The number of aryl methyl sites for hydroxylation is 4. The van der Waals surface area contributed by atoms with Crippen molar-refractivity contribution in [1.82, 2.24) is 58.1 Å². The average Bonchev–Trinajstić information content (AvgIpc) is 0.862. The number of methoxy groups -OCH3 is 5. The predicted octanol–water partition coefficient (Wildman–Crippen LogP) is 22.1. The Labute approximate surface area is 863 Å². The summed E-state index contributed by atoms with van der Waals surface area (Å²) in [5, 5.41) is 12.1. The molecule has 0 aliphatic carbocycles. The SMILES string of the molecule is COc1cc(/C=C/c2nc3ccccc3c(=O)n2-c2ccc(C#Cc3cccnc3)cc2C)ccc1O.COc1ccc(/C=C/c2nc3ccccc3c(=O)n2-c2ccc(C#Cc3cccnc3)cc2C)c(OC)c1.COc1ccc(/C=C/c2nc3ccccc3c(=O)n2-c2ccc(C#Cc3cccnc3)cc2C)cc1OC.Cc1cc(C#Cc2cccnc2)ccc1-n1c(/C=C/c2ccc3c(c2)OCO3)nc2ccccc2c1=O. The van der Waals surface area contributed by atoms with E-state index in [0.717, 1.165) is 118 Å². The number of para-hydroxylation sites is 4. The van der Waals surface area contributed by atoms with E-state index in [0.29, 0.717) is 101 Å². The molecule has 9 heterocycles. The highest BCUT2D eigenvalue weighted by Gasteiger charge is 2.22. The fraction of sp³-hybridized carbons (Fsp3) is 0.0794. The number of hydrogen-bond acceptors (Lipinski definition) is 20. The Morgan fingerprint density at radius 2 is 0.600 bits per heavy atom. The predicted molar refractivity (Wildman–Crippen MR) is 591 cm³/mol. The molecule has 12 aromatic carbocycles. The number of nitrogens with zero attached hydrogens (tertiary/aromatic N) is 12. The Morgan fingerprint density at radius 3 is 0.940 bits per heavy atom. The van der Waals surface area contributed by atoms with Crippen LogP contribution in [0.2, 0.25) is 0 Å². The fourth-order valence-electron chi connectivity index (χ4n) is 16.6. The first-order chi connectivity index (χ1) is 73.3. The lowest BCUT2D eigenvalue weighted by atomic mass is 10.1. The summed E-state index contributed by atoms with van der Waals surface area (Å²) in [5.74, 6) is 31.7. The number of aromatic hydroxyl groups is 1. The van der Waals surface area contributed by atoms with Crippen molar-refractivity contribution in [2.75, 3.05) is 42.3 Å². The van der Waals surface area contributed by atoms with Crippen LogP contribution in [0.4, 0.5) is 0 Å². The van der Waals surface area contributed by atoms with Crippen LogP contribution >= 0.6 is 0 Å². The zero-order valence-corrected chi connectivity index (χ0v) is 83.0. The fourth-order valence-corrected chi connectivity index (χ4v) is 16.6. The zero-order valence-electron chi connectivity index (χ0n) is 83.0. The summed E-state index contributed by atoms with van der Waals surface area (Å²) in [7, 11) is 7.92. The number of pyridine rings is 4. The molecule has 1 aliphatic heterocycles. The van der Waals surface area contributed by atoms with Gasteiger partial charge in [0.25, 0.3) is 22.2 Å². The van der Waals surface area contributed by atoms with Crippen LogP contribution in [-0.2, 0) is 0 Å². The van der Waals surface area contributed by atoms with Crippen molar-refractivity contribution in [3.05, 3.63) is 494 Å². The summed E-state index contributed by atoms with van der Waals surface area (Å²) in [6.07, 6.45) is 28.6. The highest BCUT2D eigenvalue weighted by Crippen LogP contribution is 2.36. The zero-order chi connectivity index (χ0) is 104. The largest absolute Gasteiger partial charge is 0.504 e. The first kappa shape index (κ1) is 99.5. The van der Waals surface area contributed by atoms with Crippen molar-refractivity contribution >= 4 is 92.2 Å². The van der Waals surface area contributed by atoms with Gasteiger partial charge in [-0.05, 0) is 315 Å². The molecular weight excluding hydrogens is 1870 g/mol. The van der Waals surface area contributed by atoms with Crippen LogP contribution < -0.4 is 55.4 Å². The van der Waals surface area contributed by atoms with E-state index in [4.69, 9.17) is 53.1 Å². The molecule has 24 heteroatoms. The number of hydrogen-bond donors (Lipinski definition) is 1. The third-order valence-electron chi connectivity index (χ3n) is 24.1. The highest BCUT2D eigenvalue weighted by atomic mass is 16.7. The molecule has 0 saturated heterocycles. The minimum Gasteiger partial charge on any atom is -0.504 e. The lowest BCUT2D eigenvalue weighted by molar-refractivity contribution is 0.174. The standard InChI is InChI=1S/2C32H25N3O3.C31H21N3O3.C31H23N3O3/c1-22-19-23(10-11-24-7-6-18-33-21-24)12-16-29(22)35-31(34-28-9-5-4-8-27(28)32(35)36)17-14-25-13-15-26(37-2)20-30(25)38-3;1-22-19-23(10-11-25-7-6-18-33-21-25)12-15-28(22)35-31(34-27-9-5-4-8-26(27)32(35)36)17-14-24-13-16-29(37-2)30(20-24)38-3;1-21-17-22(8-9-24-5-4-16-32-19-24)10-13-27(21)34-30(33-26-7-3-2-6-25(26)31(34)35)15-12-23-11-14-28-29(18-23)37-20-36-28;1-21-18-22(9-10-24-6-5-17-32-20-24)11-14-27(21)34-30(33-26-8-4-3-7-25(26)31(34)36)16-13-23-12-15-28(35)29(19-23)37-2/h2*4-9,12-21H,1-3H3;2-7,10-19H,20H2,1H3;3-8,11-20,35H,1-2H3/b2*17-14+;15-12+;16-13+. The van der Waals surface area contributed by atoms with Crippen LogP contribution in [0.25, 0.3) is 115 Å². The minimum atomic E-state index is -0.161. The van der Waals surface area contributed by atoms with Gasteiger partial charge in [0.1, 0.15) is 34.8 Å². The summed E-state index contributed by atoms with van der Waals surface area (Å²) >= 11 is 0. The van der Waals surface area contributed by atoms with E-state index in [1.165, 1.54) is 7.11 Å². The molecule has 0 unspecified atom stereocenters. The number of benzene rings is 12. The van der Waals surface area contributed by atoms with E-state index < -0.39 is 0 Å². The second kappa shape index (κ2) is 46.6. The molecule has 1 N–H and O–H groups in total. The summed E-state index contributed by atoms with van der Waals surface area (Å²) in [5.41, 5.74) is 18.7. The second-order valence-corrected chi connectivity index (χ2v) is 34.1.